The minimum absolute atomic E-state index is 0.0498. The molecule has 0 unspecified atom stereocenters. The molecular formula is C9H4F2N. The number of pyridine rings is 1. The molecule has 0 aliphatic carbocycles. The Hall–Kier alpha value is -1.51. The fourth-order valence-corrected chi connectivity index (χ4v) is 1.05. The predicted molar refractivity (Wildman–Crippen MR) is 40.5 cm³/mol. The van der Waals surface area contributed by atoms with Crippen LogP contribution in [0.4, 0.5) is 8.78 Å². The molecule has 0 aliphatic rings. The minimum atomic E-state index is -0.570. The van der Waals surface area contributed by atoms with E-state index in [0.717, 1.165) is 6.07 Å². The molecule has 1 nitrogen and oxygen atoms in total. The van der Waals surface area contributed by atoms with E-state index in [2.05, 4.69) is 11.1 Å². The first-order valence-electron chi connectivity index (χ1n) is 3.39. The third-order valence-electron chi connectivity index (χ3n) is 1.60. The van der Waals surface area contributed by atoms with Crippen molar-refractivity contribution in [1.82, 2.24) is 4.98 Å². The first-order valence-corrected chi connectivity index (χ1v) is 3.39. The summed E-state index contributed by atoms with van der Waals surface area (Å²) >= 11 is 0. The molecule has 59 valence electrons. The van der Waals surface area contributed by atoms with Crippen LogP contribution in [0.2, 0.25) is 0 Å². The third-order valence-corrected chi connectivity index (χ3v) is 1.60. The van der Waals surface area contributed by atoms with Crippen molar-refractivity contribution in [2.24, 2.45) is 0 Å². The molecule has 0 aliphatic heterocycles. The average Bonchev–Trinajstić information content (AvgIpc) is 2.12. The quantitative estimate of drug-likeness (QED) is 0.582. The van der Waals surface area contributed by atoms with Crippen LogP contribution >= 0.6 is 0 Å². The van der Waals surface area contributed by atoms with Crippen molar-refractivity contribution in [2.75, 3.05) is 0 Å². The van der Waals surface area contributed by atoms with Gasteiger partial charge < -0.3 is 0 Å². The summed E-state index contributed by atoms with van der Waals surface area (Å²) in [6.45, 7) is 0. The van der Waals surface area contributed by atoms with Crippen LogP contribution in [0.5, 0.6) is 0 Å². The number of fused-ring (bicyclic) bond motifs is 1. The zero-order chi connectivity index (χ0) is 8.55. The summed E-state index contributed by atoms with van der Waals surface area (Å²) in [4.78, 5) is 3.71. The van der Waals surface area contributed by atoms with E-state index >= 15 is 0 Å². The topological polar surface area (TPSA) is 12.9 Å². The highest BCUT2D eigenvalue weighted by molar-refractivity contribution is 5.79. The number of aromatic nitrogens is 1. The Kier molecular flexibility index (Phi) is 1.50. The van der Waals surface area contributed by atoms with Crippen LogP contribution in [0.3, 0.4) is 0 Å². The van der Waals surface area contributed by atoms with E-state index in [1.165, 1.54) is 12.3 Å². The highest BCUT2D eigenvalue weighted by atomic mass is 19.1. The van der Waals surface area contributed by atoms with Crippen LogP contribution in [0, 0.1) is 17.7 Å². The number of rotatable bonds is 0. The van der Waals surface area contributed by atoms with Crippen molar-refractivity contribution in [2.45, 2.75) is 0 Å². The Bertz CT molecular complexity index is 385. The van der Waals surface area contributed by atoms with Crippen molar-refractivity contribution in [3.05, 3.63) is 42.1 Å². The maximum absolute atomic E-state index is 12.9. The fraction of sp³-hybridized carbons (Fsp3) is 0. The first-order chi connectivity index (χ1) is 5.79. The number of nitrogens with zero attached hydrogens (tertiary/aromatic N) is 1. The Morgan fingerprint density at radius 2 is 2.17 bits per heavy atom. The van der Waals surface area contributed by atoms with Crippen LogP contribution < -0.4 is 0 Å². The molecule has 1 heterocycles. The number of hydrogen-bond donors (Lipinski definition) is 0. The van der Waals surface area contributed by atoms with Crippen molar-refractivity contribution < 1.29 is 8.78 Å². The SMILES string of the molecule is Fc1[c]cc(F)c2ncccc12. The number of hydrogen-bond acceptors (Lipinski definition) is 1. The second-order valence-corrected chi connectivity index (χ2v) is 2.35. The predicted octanol–water partition coefficient (Wildman–Crippen LogP) is 2.31. The van der Waals surface area contributed by atoms with Gasteiger partial charge in [-0.1, -0.05) is 0 Å². The Labute approximate surface area is 67.7 Å². The zero-order valence-electron chi connectivity index (χ0n) is 6.01. The molecule has 1 radical (unpaired) electrons. The summed E-state index contributed by atoms with van der Waals surface area (Å²) < 4.78 is 25.8. The lowest BCUT2D eigenvalue weighted by molar-refractivity contribution is 0.613. The molecule has 0 saturated carbocycles. The standard InChI is InChI=1S/C9H4F2N/c10-7-3-4-8(11)9-6(7)2-1-5-12-9/h1-2,4-5H. The van der Waals surface area contributed by atoms with E-state index in [1.807, 2.05) is 0 Å². The molecule has 0 amide bonds. The molecule has 0 atom stereocenters. The van der Waals surface area contributed by atoms with Gasteiger partial charge in [0, 0.05) is 17.6 Å². The molecular weight excluding hydrogens is 160 g/mol. The highest BCUT2D eigenvalue weighted by Crippen LogP contribution is 2.17. The van der Waals surface area contributed by atoms with E-state index in [0.29, 0.717) is 0 Å². The monoisotopic (exact) mass is 164 g/mol. The second kappa shape index (κ2) is 2.52. The lowest BCUT2D eigenvalue weighted by Gasteiger charge is -1.97. The lowest BCUT2D eigenvalue weighted by atomic mass is 10.2. The van der Waals surface area contributed by atoms with Crippen LogP contribution in [0.15, 0.2) is 24.4 Å². The van der Waals surface area contributed by atoms with Crippen LogP contribution in [0.1, 0.15) is 0 Å². The van der Waals surface area contributed by atoms with Gasteiger partial charge in [-0.25, -0.2) is 8.78 Å². The fourth-order valence-electron chi connectivity index (χ4n) is 1.05. The van der Waals surface area contributed by atoms with Gasteiger partial charge in [-0.3, -0.25) is 4.98 Å². The van der Waals surface area contributed by atoms with E-state index in [1.54, 1.807) is 6.07 Å². The van der Waals surface area contributed by atoms with Gasteiger partial charge >= 0.3 is 0 Å². The van der Waals surface area contributed by atoms with E-state index < -0.39 is 11.6 Å². The molecule has 0 fully saturated rings. The molecule has 2 aromatic rings. The first kappa shape index (κ1) is 7.16. The second-order valence-electron chi connectivity index (χ2n) is 2.35. The smallest absolute Gasteiger partial charge is 0.150 e. The van der Waals surface area contributed by atoms with Crippen LogP contribution in [-0.4, -0.2) is 4.98 Å². The molecule has 0 saturated heterocycles. The zero-order valence-corrected chi connectivity index (χ0v) is 6.01. The average molecular weight is 164 g/mol. The van der Waals surface area contributed by atoms with Gasteiger partial charge in [-0.2, -0.15) is 0 Å². The molecule has 0 bridgehead atoms. The van der Waals surface area contributed by atoms with Crippen molar-refractivity contribution in [3.63, 3.8) is 0 Å². The Morgan fingerprint density at radius 1 is 1.33 bits per heavy atom. The summed E-state index contributed by atoms with van der Waals surface area (Å²) in [7, 11) is 0. The van der Waals surface area contributed by atoms with Crippen LogP contribution in [0.25, 0.3) is 10.9 Å². The molecule has 12 heavy (non-hydrogen) atoms. The number of benzene rings is 1. The van der Waals surface area contributed by atoms with Crippen molar-refractivity contribution in [1.29, 1.82) is 0 Å². The summed E-state index contributed by atoms with van der Waals surface area (Å²) in [6.07, 6.45) is 1.42. The maximum atomic E-state index is 12.9. The van der Waals surface area contributed by atoms with Gasteiger partial charge in [0.05, 0.1) is 0 Å². The van der Waals surface area contributed by atoms with Crippen molar-refractivity contribution >= 4 is 10.9 Å². The van der Waals surface area contributed by atoms with E-state index in [9.17, 15) is 8.78 Å². The maximum Gasteiger partial charge on any atom is 0.150 e. The Morgan fingerprint density at radius 3 is 2.92 bits per heavy atom. The normalized spacial score (nSPS) is 10.5. The van der Waals surface area contributed by atoms with Crippen LogP contribution in [-0.2, 0) is 0 Å². The Balaban J connectivity index is 2.95. The summed E-state index contributed by atoms with van der Waals surface area (Å²) in [5, 5.41) is 0.164. The molecule has 3 heteroatoms. The molecule has 1 aromatic heterocycles. The lowest BCUT2D eigenvalue weighted by Crippen LogP contribution is -1.86. The third kappa shape index (κ3) is 0.942. The minimum Gasteiger partial charge on any atom is -0.253 e. The van der Waals surface area contributed by atoms with Gasteiger partial charge in [0.15, 0.2) is 0 Å². The largest absolute Gasteiger partial charge is 0.253 e. The van der Waals surface area contributed by atoms with Gasteiger partial charge in [-0.15, -0.1) is 0 Å². The highest BCUT2D eigenvalue weighted by Gasteiger charge is 2.05. The summed E-state index contributed by atoms with van der Waals surface area (Å²) in [5.41, 5.74) is 0.0498. The number of halogens is 2. The molecule has 2 rings (SSSR count). The molecule has 1 aromatic carbocycles. The summed E-state index contributed by atoms with van der Waals surface area (Å²) in [6, 6.07) is 6.13. The molecule has 0 spiro atoms. The van der Waals surface area contributed by atoms with E-state index in [4.69, 9.17) is 0 Å². The van der Waals surface area contributed by atoms with E-state index in [-0.39, 0.29) is 10.9 Å². The van der Waals surface area contributed by atoms with Gasteiger partial charge in [0.1, 0.15) is 17.2 Å². The van der Waals surface area contributed by atoms with Gasteiger partial charge in [0.25, 0.3) is 0 Å². The van der Waals surface area contributed by atoms with Gasteiger partial charge in [-0.05, 0) is 18.2 Å². The molecule has 0 N–H and O–H groups in total. The summed E-state index contributed by atoms with van der Waals surface area (Å²) in [5.74, 6) is -1.12. The van der Waals surface area contributed by atoms with Gasteiger partial charge in [0.2, 0.25) is 0 Å². The van der Waals surface area contributed by atoms with Crippen molar-refractivity contribution in [3.8, 4) is 0 Å².